The highest BCUT2D eigenvalue weighted by atomic mass is 35.5. The lowest BCUT2D eigenvalue weighted by Crippen LogP contribution is -2.44. The van der Waals surface area contributed by atoms with Crippen molar-refractivity contribution >= 4 is 29.3 Å². The molecule has 0 spiro atoms. The van der Waals surface area contributed by atoms with Crippen molar-refractivity contribution in [3.05, 3.63) is 28.8 Å². The summed E-state index contributed by atoms with van der Waals surface area (Å²) in [4.78, 5) is 25.9. The third-order valence-corrected chi connectivity index (χ3v) is 4.10. The lowest BCUT2D eigenvalue weighted by atomic mass is 9.98. The molecule has 0 bridgehead atoms. The van der Waals surface area contributed by atoms with E-state index in [4.69, 9.17) is 16.3 Å². The third kappa shape index (κ3) is 3.91. The first-order valence-corrected chi connectivity index (χ1v) is 7.88. The number of rotatable bonds is 3. The van der Waals surface area contributed by atoms with Gasteiger partial charge in [-0.05, 0) is 38.3 Å². The zero-order chi connectivity index (χ0) is 16.1. The third-order valence-electron chi connectivity index (χ3n) is 3.78. The molecule has 120 valence electrons. The van der Waals surface area contributed by atoms with Gasteiger partial charge >= 0.3 is 12.0 Å². The Balaban J connectivity index is 2.02. The molecule has 1 N–H and O–H groups in total. The molecule has 1 saturated heterocycles. The van der Waals surface area contributed by atoms with Crippen molar-refractivity contribution in [1.82, 2.24) is 4.90 Å². The van der Waals surface area contributed by atoms with E-state index in [1.165, 1.54) is 0 Å². The number of halogens is 1. The van der Waals surface area contributed by atoms with Crippen LogP contribution in [0.25, 0.3) is 0 Å². The van der Waals surface area contributed by atoms with E-state index < -0.39 is 0 Å². The molecule has 1 heterocycles. The van der Waals surface area contributed by atoms with Crippen LogP contribution in [0.4, 0.5) is 10.5 Å². The van der Waals surface area contributed by atoms with Crippen molar-refractivity contribution < 1.29 is 14.3 Å². The minimum absolute atomic E-state index is 0.228. The van der Waals surface area contributed by atoms with Crippen LogP contribution in [0.2, 0.25) is 5.02 Å². The second kappa shape index (κ2) is 7.49. The van der Waals surface area contributed by atoms with E-state index in [9.17, 15) is 9.59 Å². The Labute approximate surface area is 135 Å². The monoisotopic (exact) mass is 324 g/mol. The number of urea groups is 1. The lowest BCUT2D eigenvalue weighted by Gasteiger charge is -2.31. The summed E-state index contributed by atoms with van der Waals surface area (Å²) in [6.45, 7) is 5.05. The number of piperidine rings is 1. The van der Waals surface area contributed by atoms with Crippen LogP contribution in [-0.2, 0) is 9.53 Å². The highest BCUT2D eigenvalue weighted by Crippen LogP contribution is 2.26. The van der Waals surface area contributed by atoms with Gasteiger partial charge < -0.3 is 15.0 Å². The highest BCUT2D eigenvalue weighted by molar-refractivity contribution is 6.33. The molecule has 1 aliphatic rings. The molecular weight excluding hydrogens is 304 g/mol. The highest BCUT2D eigenvalue weighted by Gasteiger charge is 2.29. The second-order valence-corrected chi connectivity index (χ2v) is 5.81. The number of likely N-dealkylation sites (tertiary alicyclic amines) is 1. The molecule has 2 rings (SSSR count). The number of para-hydroxylation sites is 1. The molecule has 1 aromatic carbocycles. The standard InChI is InChI=1S/C16H21ClN2O3/c1-3-22-15(20)12-7-5-9-19(10-12)16(21)18-14-11(2)6-4-8-13(14)17/h4,6,8,12H,3,5,7,9-10H2,1-2H3,(H,18,21). The van der Waals surface area contributed by atoms with Gasteiger partial charge in [-0.2, -0.15) is 0 Å². The maximum atomic E-state index is 12.4. The first kappa shape index (κ1) is 16.6. The average Bonchev–Trinajstić information content (AvgIpc) is 2.51. The summed E-state index contributed by atoms with van der Waals surface area (Å²) >= 11 is 6.13. The van der Waals surface area contributed by atoms with Crippen LogP contribution < -0.4 is 5.32 Å². The molecule has 1 fully saturated rings. The first-order valence-electron chi connectivity index (χ1n) is 7.50. The summed E-state index contributed by atoms with van der Waals surface area (Å²) in [7, 11) is 0. The minimum Gasteiger partial charge on any atom is -0.466 e. The fourth-order valence-corrected chi connectivity index (χ4v) is 2.86. The van der Waals surface area contributed by atoms with Crippen molar-refractivity contribution in [1.29, 1.82) is 0 Å². The van der Waals surface area contributed by atoms with E-state index in [0.717, 1.165) is 18.4 Å². The van der Waals surface area contributed by atoms with Crippen molar-refractivity contribution in [3.63, 3.8) is 0 Å². The van der Waals surface area contributed by atoms with Gasteiger partial charge in [0.25, 0.3) is 0 Å². The van der Waals surface area contributed by atoms with Gasteiger partial charge in [0, 0.05) is 13.1 Å². The summed E-state index contributed by atoms with van der Waals surface area (Å²) < 4.78 is 5.05. The van der Waals surface area contributed by atoms with Crippen molar-refractivity contribution in [2.24, 2.45) is 5.92 Å². The van der Waals surface area contributed by atoms with Gasteiger partial charge in [0.05, 0.1) is 23.2 Å². The molecule has 1 unspecified atom stereocenters. The smallest absolute Gasteiger partial charge is 0.321 e. The summed E-state index contributed by atoms with van der Waals surface area (Å²) in [6.07, 6.45) is 1.55. The summed E-state index contributed by atoms with van der Waals surface area (Å²) in [5.41, 5.74) is 1.52. The first-order chi connectivity index (χ1) is 10.5. The van der Waals surface area contributed by atoms with Gasteiger partial charge in [-0.15, -0.1) is 0 Å². The van der Waals surface area contributed by atoms with Gasteiger partial charge in [-0.1, -0.05) is 23.7 Å². The molecule has 1 atom stereocenters. The Morgan fingerprint density at radius 2 is 2.23 bits per heavy atom. The maximum absolute atomic E-state index is 12.4. The minimum atomic E-state index is -0.244. The summed E-state index contributed by atoms with van der Waals surface area (Å²) in [5, 5.41) is 3.35. The Bertz CT molecular complexity index is 542. The number of hydrogen-bond acceptors (Lipinski definition) is 3. The Kier molecular flexibility index (Phi) is 5.66. The number of nitrogens with zero attached hydrogens (tertiary/aromatic N) is 1. The Hall–Kier alpha value is -1.75. The molecule has 0 aliphatic carbocycles. The van der Waals surface area contributed by atoms with Crippen molar-refractivity contribution in [2.75, 3.05) is 25.0 Å². The number of amides is 2. The number of carbonyl (C=O) groups excluding carboxylic acids is 2. The summed E-state index contributed by atoms with van der Waals surface area (Å²) in [5.74, 6) is -0.472. The zero-order valence-corrected chi connectivity index (χ0v) is 13.7. The van der Waals surface area contributed by atoms with E-state index >= 15 is 0 Å². The fourth-order valence-electron chi connectivity index (χ4n) is 2.59. The molecular formula is C16H21ClN2O3. The molecule has 6 heteroatoms. The normalized spacial score (nSPS) is 18.0. The topological polar surface area (TPSA) is 58.6 Å². The Morgan fingerprint density at radius 1 is 1.45 bits per heavy atom. The molecule has 0 radical (unpaired) electrons. The number of aryl methyl sites for hydroxylation is 1. The van der Waals surface area contributed by atoms with Crippen LogP contribution in [0.15, 0.2) is 18.2 Å². The largest absolute Gasteiger partial charge is 0.466 e. The van der Waals surface area contributed by atoms with Gasteiger partial charge in [0.15, 0.2) is 0 Å². The van der Waals surface area contributed by atoms with Gasteiger partial charge in [0.1, 0.15) is 0 Å². The molecule has 1 aromatic rings. The SMILES string of the molecule is CCOC(=O)C1CCCN(C(=O)Nc2c(C)cccc2Cl)C1. The maximum Gasteiger partial charge on any atom is 0.321 e. The summed E-state index contributed by atoms with van der Waals surface area (Å²) in [6, 6.07) is 5.23. The van der Waals surface area contributed by atoms with E-state index in [-0.39, 0.29) is 17.9 Å². The average molecular weight is 325 g/mol. The van der Waals surface area contributed by atoms with Crippen LogP contribution in [0.1, 0.15) is 25.3 Å². The van der Waals surface area contributed by atoms with Crippen molar-refractivity contribution in [3.8, 4) is 0 Å². The number of ether oxygens (including phenoxy) is 1. The van der Waals surface area contributed by atoms with Crippen LogP contribution in [0.3, 0.4) is 0 Å². The van der Waals surface area contributed by atoms with Crippen LogP contribution >= 0.6 is 11.6 Å². The number of esters is 1. The molecule has 2 amide bonds. The molecule has 0 aromatic heterocycles. The van der Waals surface area contributed by atoms with Crippen LogP contribution in [0.5, 0.6) is 0 Å². The molecule has 1 aliphatic heterocycles. The molecule has 5 nitrogen and oxygen atoms in total. The second-order valence-electron chi connectivity index (χ2n) is 5.40. The molecule has 22 heavy (non-hydrogen) atoms. The Morgan fingerprint density at radius 3 is 2.91 bits per heavy atom. The van der Waals surface area contributed by atoms with Gasteiger partial charge in [0.2, 0.25) is 0 Å². The number of nitrogens with one attached hydrogen (secondary N) is 1. The van der Waals surface area contributed by atoms with E-state index in [1.54, 1.807) is 17.9 Å². The predicted molar refractivity (Wildman–Crippen MR) is 86.1 cm³/mol. The number of anilines is 1. The zero-order valence-electron chi connectivity index (χ0n) is 12.9. The van der Waals surface area contributed by atoms with E-state index in [2.05, 4.69) is 5.32 Å². The van der Waals surface area contributed by atoms with Gasteiger partial charge in [-0.25, -0.2) is 4.79 Å². The van der Waals surface area contributed by atoms with E-state index in [0.29, 0.717) is 30.4 Å². The number of hydrogen-bond donors (Lipinski definition) is 1. The van der Waals surface area contributed by atoms with E-state index in [1.807, 2.05) is 19.1 Å². The number of benzene rings is 1. The van der Waals surface area contributed by atoms with Crippen molar-refractivity contribution in [2.45, 2.75) is 26.7 Å². The quantitative estimate of drug-likeness (QED) is 0.866. The number of carbonyl (C=O) groups is 2. The fraction of sp³-hybridized carbons (Fsp3) is 0.500. The van der Waals surface area contributed by atoms with Crippen LogP contribution in [0, 0.1) is 12.8 Å². The van der Waals surface area contributed by atoms with Gasteiger partial charge in [-0.3, -0.25) is 4.79 Å². The van der Waals surface area contributed by atoms with Crippen LogP contribution in [-0.4, -0.2) is 36.6 Å². The predicted octanol–water partition coefficient (Wildman–Crippen LogP) is 3.46. The molecule has 0 saturated carbocycles. The lowest BCUT2D eigenvalue weighted by molar-refractivity contribution is -0.149.